The molecule has 0 amide bonds. The normalized spacial score (nSPS) is 14.8. The molecule has 3 heteroatoms. The Kier molecular flexibility index (Phi) is 0.231. The van der Waals surface area contributed by atoms with Crippen LogP contribution in [0.1, 0.15) is 0 Å². The molecule has 0 N–H and O–H groups in total. The van der Waals surface area contributed by atoms with Crippen LogP contribution in [-0.4, -0.2) is 5.94 Å². The average molecular weight is 70.0 g/mol. The SMILES string of the molecule is O=C=C1N=[O+]1. The van der Waals surface area contributed by atoms with Gasteiger partial charge in [0.2, 0.25) is 0 Å². The molecule has 0 fully saturated rings. The lowest BCUT2D eigenvalue weighted by atomic mass is 11.0. The second-order valence-corrected chi connectivity index (χ2v) is 0.590. The van der Waals surface area contributed by atoms with E-state index in [1.807, 2.05) is 0 Å². The van der Waals surface area contributed by atoms with E-state index in [1.54, 1.807) is 0 Å². The van der Waals surface area contributed by atoms with Crippen LogP contribution in [0.3, 0.4) is 0 Å². The number of hydrogen-bond donors (Lipinski definition) is 0. The molecule has 0 aliphatic carbocycles. The van der Waals surface area contributed by atoms with E-state index < -0.39 is 0 Å². The highest BCUT2D eigenvalue weighted by molar-refractivity contribution is 5.59. The Hall–Kier alpha value is -0.950. The summed E-state index contributed by atoms with van der Waals surface area (Å²) in [6.07, 6.45) is 0. The summed E-state index contributed by atoms with van der Waals surface area (Å²) in [6, 6.07) is 0. The number of hydrogen-bond acceptors (Lipinski definition) is 2. The smallest absolute Gasteiger partial charge is 0.221 e. The van der Waals surface area contributed by atoms with E-state index in [-0.39, 0.29) is 5.88 Å². The van der Waals surface area contributed by atoms with Crippen molar-refractivity contribution < 1.29 is 4.79 Å². The monoisotopic (exact) mass is 70.0 g/mol. The molecule has 0 bridgehead atoms. The zero-order valence-corrected chi connectivity index (χ0v) is 2.26. The van der Waals surface area contributed by atoms with Crippen molar-refractivity contribution in [2.24, 2.45) is 5.18 Å². The molecule has 1 heterocycles. The number of rotatable bonds is 0. The Morgan fingerprint density at radius 3 is 2.60 bits per heavy atom. The van der Waals surface area contributed by atoms with E-state index >= 15 is 0 Å². The van der Waals surface area contributed by atoms with Crippen molar-refractivity contribution in [1.29, 1.82) is 0 Å². The third-order valence-corrected chi connectivity index (χ3v) is 0.270. The lowest BCUT2D eigenvalue weighted by Crippen LogP contribution is -1.41. The molecule has 5 heavy (non-hydrogen) atoms. The standard InChI is InChI=1S/C2NO2/c4-1-2-3-5-2/q+1. The van der Waals surface area contributed by atoms with Gasteiger partial charge < -0.3 is 0 Å². The van der Waals surface area contributed by atoms with Gasteiger partial charge in [-0.15, -0.1) is 0 Å². The van der Waals surface area contributed by atoms with E-state index in [1.165, 1.54) is 5.94 Å². The molecule has 24 valence electrons. The van der Waals surface area contributed by atoms with Crippen molar-refractivity contribution in [3.8, 4) is 0 Å². The van der Waals surface area contributed by atoms with E-state index in [0.29, 0.717) is 0 Å². The minimum absolute atomic E-state index is 0.0741. The van der Waals surface area contributed by atoms with Crippen LogP contribution in [0.2, 0.25) is 0 Å². The highest BCUT2D eigenvalue weighted by Gasteiger charge is 2.31. The summed E-state index contributed by atoms with van der Waals surface area (Å²) in [7, 11) is 0. The topological polar surface area (TPSA) is 40.7 Å². The maximum atomic E-state index is 9.19. The Labute approximate surface area is 27.6 Å². The summed E-state index contributed by atoms with van der Waals surface area (Å²) in [5, 5.41) is 3.01. The van der Waals surface area contributed by atoms with Crippen LogP contribution in [0.25, 0.3) is 0 Å². The third kappa shape index (κ3) is 0.205. The molecular weight excluding hydrogens is 70.0 g/mol. The maximum Gasteiger partial charge on any atom is 0.664 e. The van der Waals surface area contributed by atoms with Gasteiger partial charge in [-0.05, 0) is 4.54 Å². The van der Waals surface area contributed by atoms with Crippen LogP contribution in [-0.2, 0) is 4.79 Å². The quantitative estimate of drug-likeness (QED) is 0.291. The molecule has 0 radical (unpaired) electrons. The van der Waals surface area contributed by atoms with Gasteiger partial charge in [0.15, 0.2) is 0 Å². The predicted molar refractivity (Wildman–Crippen MR) is 15.0 cm³/mol. The minimum atomic E-state index is 0.0741. The Morgan fingerprint density at radius 1 is 2.00 bits per heavy atom. The first kappa shape index (κ1) is 2.30. The zero-order valence-electron chi connectivity index (χ0n) is 2.26. The fraction of sp³-hybridized carbons (Fsp3) is 0. The van der Waals surface area contributed by atoms with E-state index in [2.05, 4.69) is 9.71 Å². The number of nitrogens with zero attached hydrogens (tertiary/aromatic N) is 1. The molecule has 0 saturated heterocycles. The molecule has 3 nitrogen and oxygen atoms in total. The van der Waals surface area contributed by atoms with Gasteiger partial charge in [0.05, 0.1) is 0 Å². The summed E-state index contributed by atoms with van der Waals surface area (Å²) >= 11 is 0. The first-order valence-electron chi connectivity index (χ1n) is 1.06. The van der Waals surface area contributed by atoms with Crippen molar-refractivity contribution in [3.63, 3.8) is 0 Å². The fourth-order valence-corrected chi connectivity index (χ4v) is 0.0601. The summed E-state index contributed by atoms with van der Waals surface area (Å²) < 4.78 is 3.98. The van der Waals surface area contributed by atoms with Gasteiger partial charge in [-0.3, -0.25) is 0 Å². The lowest BCUT2D eigenvalue weighted by molar-refractivity contribution is 0.568. The summed E-state index contributed by atoms with van der Waals surface area (Å²) in [6.45, 7) is 0. The minimum Gasteiger partial charge on any atom is -0.221 e. The molecule has 0 spiro atoms. The molecule has 0 atom stereocenters. The molecular formula is C2NO2+. The molecule has 1 rings (SSSR count). The van der Waals surface area contributed by atoms with Gasteiger partial charge >= 0.3 is 5.88 Å². The molecule has 0 aromatic heterocycles. The molecule has 1 aliphatic rings. The zero-order chi connectivity index (χ0) is 3.70. The largest absolute Gasteiger partial charge is 0.664 e. The van der Waals surface area contributed by atoms with Gasteiger partial charge in [-0.2, -0.15) is 0 Å². The maximum absolute atomic E-state index is 9.19. The fourth-order valence-electron chi connectivity index (χ4n) is 0.0601. The van der Waals surface area contributed by atoms with Crippen molar-refractivity contribution in [1.82, 2.24) is 0 Å². The van der Waals surface area contributed by atoms with Crippen LogP contribution in [0.5, 0.6) is 0 Å². The van der Waals surface area contributed by atoms with Crippen LogP contribution in [0, 0.1) is 4.54 Å². The van der Waals surface area contributed by atoms with Crippen molar-refractivity contribution in [2.75, 3.05) is 0 Å². The lowest BCUT2D eigenvalue weighted by Gasteiger charge is -1.07. The molecule has 0 unspecified atom stereocenters. The first-order chi connectivity index (χ1) is 2.43. The Bertz CT molecular complexity index is 112. The van der Waals surface area contributed by atoms with Crippen LogP contribution < -0.4 is 0 Å². The van der Waals surface area contributed by atoms with Gasteiger partial charge in [0.25, 0.3) is 11.1 Å². The number of nitroso groups, excluding NO2 is 1. The van der Waals surface area contributed by atoms with Crippen molar-refractivity contribution >= 4 is 5.94 Å². The first-order valence-corrected chi connectivity index (χ1v) is 1.06. The summed E-state index contributed by atoms with van der Waals surface area (Å²) in [4.78, 5) is 9.19. The van der Waals surface area contributed by atoms with E-state index in [0.717, 1.165) is 0 Å². The molecule has 1 aliphatic heterocycles. The van der Waals surface area contributed by atoms with E-state index in [9.17, 15) is 4.79 Å². The van der Waals surface area contributed by atoms with Gasteiger partial charge in [0.1, 0.15) is 0 Å². The van der Waals surface area contributed by atoms with Crippen LogP contribution in [0.15, 0.2) is 11.1 Å². The van der Waals surface area contributed by atoms with Gasteiger partial charge in [-0.1, -0.05) is 0 Å². The predicted octanol–water partition coefficient (Wildman–Crippen LogP) is -0.0249. The third-order valence-electron chi connectivity index (χ3n) is 0.270. The Morgan fingerprint density at radius 2 is 2.60 bits per heavy atom. The number of carbonyl (C=O) groups excluding carboxylic acids is 1. The molecule has 0 aromatic rings. The second kappa shape index (κ2) is 0.503. The summed E-state index contributed by atoms with van der Waals surface area (Å²) in [5.41, 5.74) is 0. The highest BCUT2D eigenvalue weighted by atomic mass is 16.6. The second-order valence-electron chi connectivity index (χ2n) is 0.590. The summed E-state index contributed by atoms with van der Waals surface area (Å²) in [5.74, 6) is 1.49. The van der Waals surface area contributed by atoms with Gasteiger partial charge in [-0.25, -0.2) is 4.79 Å². The van der Waals surface area contributed by atoms with Crippen molar-refractivity contribution in [3.05, 3.63) is 10.4 Å². The van der Waals surface area contributed by atoms with Crippen LogP contribution in [0.4, 0.5) is 0 Å². The van der Waals surface area contributed by atoms with Gasteiger partial charge in [0, 0.05) is 0 Å². The average Bonchev–Trinajstić information content (AvgIpc) is 2.12. The Balaban J connectivity index is 2.90. The highest BCUT2D eigenvalue weighted by Crippen LogP contribution is 2.04. The van der Waals surface area contributed by atoms with Crippen LogP contribution >= 0.6 is 0 Å². The van der Waals surface area contributed by atoms with E-state index in [4.69, 9.17) is 0 Å². The molecule has 0 aromatic carbocycles. The molecule has 0 saturated carbocycles. The van der Waals surface area contributed by atoms with Crippen molar-refractivity contribution in [2.45, 2.75) is 0 Å².